The minimum Gasteiger partial charge on any atom is -0.325 e. The molecule has 4 rings (SSSR count). The summed E-state index contributed by atoms with van der Waals surface area (Å²) < 4.78 is 0. The summed E-state index contributed by atoms with van der Waals surface area (Å²) in [6, 6.07) is 6.02. The Labute approximate surface area is 171 Å². The molecule has 0 spiro atoms. The molecule has 2 aromatic rings. The Morgan fingerprint density at radius 2 is 2.00 bits per heavy atom. The Morgan fingerprint density at radius 3 is 2.71 bits per heavy atom. The SMILES string of the molecule is Cc1ccc(NC(=O)[C@@H](C)Sc2nnc3c(n2)[C@]2(C)CC[C@H]3C2(C)C)c(C)c1. The van der Waals surface area contributed by atoms with Crippen LogP contribution in [0.4, 0.5) is 5.69 Å². The first-order chi connectivity index (χ1) is 13.1. The van der Waals surface area contributed by atoms with Crippen molar-refractivity contribution in [1.82, 2.24) is 15.2 Å². The lowest BCUT2D eigenvalue weighted by atomic mass is 9.70. The van der Waals surface area contributed by atoms with Crippen molar-refractivity contribution in [3.63, 3.8) is 0 Å². The van der Waals surface area contributed by atoms with Crippen molar-refractivity contribution in [3.8, 4) is 0 Å². The van der Waals surface area contributed by atoms with Gasteiger partial charge in [0.2, 0.25) is 11.1 Å². The standard InChI is InChI=1S/C22H28N4OS/c1-12-7-8-16(13(2)11-12)23-19(27)14(3)28-20-24-18-17(25-26-20)15-9-10-22(18,6)21(15,4)5/h7-8,11,14-15H,9-10H2,1-6H3,(H,23,27)/t14-,15-,22+/m1/s1. The Bertz CT molecular complexity index is 958. The number of aromatic nitrogens is 3. The highest BCUT2D eigenvalue weighted by molar-refractivity contribution is 8.00. The fourth-order valence-electron chi connectivity index (χ4n) is 4.81. The lowest BCUT2D eigenvalue weighted by Gasteiger charge is -2.34. The molecule has 1 amide bonds. The van der Waals surface area contributed by atoms with E-state index in [1.165, 1.54) is 17.3 Å². The van der Waals surface area contributed by atoms with Crippen molar-refractivity contribution in [1.29, 1.82) is 0 Å². The van der Waals surface area contributed by atoms with Crippen molar-refractivity contribution < 1.29 is 4.79 Å². The van der Waals surface area contributed by atoms with Crippen LogP contribution < -0.4 is 5.32 Å². The molecule has 1 aromatic carbocycles. The normalized spacial score (nSPS) is 25.4. The number of benzene rings is 1. The topological polar surface area (TPSA) is 67.8 Å². The first-order valence-electron chi connectivity index (χ1n) is 9.93. The van der Waals surface area contributed by atoms with Crippen LogP contribution in [-0.2, 0) is 10.2 Å². The third-order valence-electron chi connectivity index (χ3n) is 7.06. The zero-order valence-electron chi connectivity index (χ0n) is 17.5. The number of hydrogen-bond donors (Lipinski definition) is 1. The molecule has 148 valence electrons. The number of carbonyl (C=O) groups excluding carboxylic acids is 1. The van der Waals surface area contributed by atoms with Crippen LogP contribution in [0.3, 0.4) is 0 Å². The van der Waals surface area contributed by atoms with E-state index < -0.39 is 0 Å². The largest absolute Gasteiger partial charge is 0.325 e. The molecule has 3 atom stereocenters. The zero-order valence-corrected chi connectivity index (χ0v) is 18.3. The Kier molecular flexibility index (Phi) is 4.53. The fraction of sp³-hybridized carbons (Fsp3) is 0.545. The average molecular weight is 397 g/mol. The van der Waals surface area contributed by atoms with Gasteiger partial charge in [-0.1, -0.05) is 50.2 Å². The second-order valence-electron chi connectivity index (χ2n) is 9.04. The van der Waals surface area contributed by atoms with E-state index >= 15 is 0 Å². The first-order valence-corrected chi connectivity index (χ1v) is 10.8. The maximum Gasteiger partial charge on any atom is 0.237 e. The highest BCUT2D eigenvalue weighted by Crippen LogP contribution is 2.66. The van der Waals surface area contributed by atoms with Crippen LogP contribution in [0.25, 0.3) is 0 Å². The molecule has 1 aromatic heterocycles. The average Bonchev–Trinajstić information content (AvgIpc) is 2.96. The van der Waals surface area contributed by atoms with Crippen LogP contribution in [0.15, 0.2) is 23.4 Å². The van der Waals surface area contributed by atoms with Gasteiger partial charge in [0.05, 0.1) is 16.6 Å². The van der Waals surface area contributed by atoms with Gasteiger partial charge in [-0.25, -0.2) is 4.98 Å². The predicted molar refractivity (Wildman–Crippen MR) is 113 cm³/mol. The summed E-state index contributed by atoms with van der Waals surface area (Å²) >= 11 is 1.38. The molecular formula is C22H28N4OS. The van der Waals surface area contributed by atoms with Gasteiger partial charge in [0, 0.05) is 17.0 Å². The van der Waals surface area contributed by atoms with Gasteiger partial charge in [-0.15, -0.1) is 5.10 Å². The van der Waals surface area contributed by atoms with Gasteiger partial charge in [0.15, 0.2) is 0 Å². The summed E-state index contributed by atoms with van der Waals surface area (Å²) in [4.78, 5) is 17.5. The number of nitrogens with one attached hydrogen (secondary N) is 1. The van der Waals surface area contributed by atoms with Gasteiger partial charge in [-0.3, -0.25) is 4.79 Å². The maximum atomic E-state index is 12.7. The monoisotopic (exact) mass is 396 g/mol. The molecule has 2 bridgehead atoms. The third kappa shape index (κ3) is 2.84. The van der Waals surface area contributed by atoms with Crippen LogP contribution in [0.2, 0.25) is 0 Å². The quantitative estimate of drug-likeness (QED) is 0.753. The number of amides is 1. The molecule has 1 heterocycles. The van der Waals surface area contributed by atoms with E-state index in [1.54, 1.807) is 0 Å². The second-order valence-corrected chi connectivity index (χ2v) is 10.3. The fourth-order valence-corrected chi connectivity index (χ4v) is 5.53. The molecule has 2 aliphatic rings. The Balaban J connectivity index is 1.51. The van der Waals surface area contributed by atoms with Crippen LogP contribution in [0.1, 0.15) is 69.0 Å². The molecule has 2 aliphatic carbocycles. The summed E-state index contributed by atoms with van der Waals surface area (Å²) in [5, 5.41) is 12.2. The minimum absolute atomic E-state index is 0.0444. The predicted octanol–water partition coefficient (Wildman–Crippen LogP) is 4.78. The highest BCUT2D eigenvalue weighted by Gasteiger charge is 2.61. The second kappa shape index (κ2) is 6.55. The van der Waals surface area contributed by atoms with Gasteiger partial charge in [-0.05, 0) is 50.7 Å². The van der Waals surface area contributed by atoms with Gasteiger partial charge in [-0.2, -0.15) is 5.10 Å². The van der Waals surface area contributed by atoms with Crippen molar-refractivity contribution in [2.75, 3.05) is 5.32 Å². The molecule has 0 saturated heterocycles. The van der Waals surface area contributed by atoms with Gasteiger partial charge in [0.1, 0.15) is 0 Å². The molecule has 0 unspecified atom stereocenters. The number of thioether (sulfide) groups is 1. The summed E-state index contributed by atoms with van der Waals surface area (Å²) in [5.41, 5.74) is 5.45. The molecule has 1 saturated carbocycles. The number of aryl methyl sites for hydroxylation is 2. The van der Waals surface area contributed by atoms with E-state index in [-0.39, 0.29) is 22.0 Å². The number of carbonyl (C=O) groups is 1. The summed E-state index contributed by atoms with van der Waals surface area (Å²) in [7, 11) is 0. The molecular weight excluding hydrogens is 368 g/mol. The molecule has 1 fully saturated rings. The van der Waals surface area contributed by atoms with E-state index in [0.717, 1.165) is 35.5 Å². The van der Waals surface area contributed by atoms with Crippen molar-refractivity contribution >= 4 is 23.4 Å². The lowest BCUT2D eigenvalue weighted by molar-refractivity contribution is -0.115. The number of hydrogen-bond acceptors (Lipinski definition) is 5. The minimum atomic E-state index is -0.306. The number of anilines is 1. The summed E-state index contributed by atoms with van der Waals surface area (Å²) in [6.07, 6.45) is 2.30. The maximum absolute atomic E-state index is 12.7. The molecule has 0 aliphatic heterocycles. The zero-order chi connectivity index (χ0) is 20.3. The van der Waals surface area contributed by atoms with E-state index in [1.807, 2.05) is 32.9 Å². The lowest BCUT2D eigenvalue weighted by Crippen LogP contribution is -2.32. The highest BCUT2D eigenvalue weighted by atomic mass is 32.2. The number of rotatable bonds is 4. The van der Waals surface area contributed by atoms with Crippen LogP contribution in [0, 0.1) is 19.3 Å². The molecule has 1 N–H and O–H groups in total. The summed E-state index contributed by atoms with van der Waals surface area (Å²) in [6.45, 7) is 12.9. The number of fused-ring (bicyclic) bond motifs is 5. The van der Waals surface area contributed by atoms with E-state index in [2.05, 4.69) is 42.4 Å². The first kappa shape index (κ1) is 19.4. The Morgan fingerprint density at radius 1 is 1.25 bits per heavy atom. The van der Waals surface area contributed by atoms with Crippen LogP contribution >= 0.6 is 11.8 Å². The smallest absolute Gasteiger partial charge is 0.237 e. The Hall–Kier alpha value is -1.95. The van der Waals surface area contributed by atoms with Crippen molar-refractivity contribution in [3.05, 3.63) is 40.7 Å². The van der Waals surface area contributed by atoms with Gasteiger partial charge < -0.3 is 5.32 Å². The van der Waals surface area contributed by atoms with Crippen molar-refractivity contribution in [2.24, 2.45) is 5.41 Å². The number of nitrogens with zero attached hydrogens (tertiary/aromatic N) is 3. The van der Waals surface area contributed by atoms with Gasteiger partial charge in [0.25, 0.3) is 0 Å². The van der Waals surface area contributed by atoms with Gasteiger partial charge >= 0.3 is 0 Å². The third-order valence-corrected chi connectivity index (χ3v) is 8.01. The van der Waals surface area contributed by atoms with E-state index in [9.17, 15) is 4.79 Å². The molecule has 5 nitrogen and oxygen atoms in total. The molecule has 0 radical (unpaired) electrons. The van der Waals surface area contributed by atoms with Crippen LogP contribution in [-0.4, -0.2) is 26.3 Å². The van der Waals surface area contributed by atoms with Crippen LogP contribution in [0.5, 0.6) is 0 Å². The van der Waals surface area contributed by atoms with E-state index in [0.29, 0.717) is 11.1 Å². The van der Waals surface area contributed by atoms with Crippen molar-refractivity contribution in [2.45, 2.75) is 76.1 Å². The van der Waals surface area contributed by atoms with E-state index in [4.69, 9.17) is 4.98 Å². The molecule has 28 heavy (non-hydrogen) atoms. The molecule has 6 heteroatoms. The summed E-state index contributed by atoms with van der Waals surface area (Å²) in [5.74, 6) is 0.394.